The molecule has 1 heteroatoms. The van der Waals surface area contributed by atoms with E-state index in [0.29, 0.717) is 0 Å². The van der Waals surface area contributed by atoms with Crippen LogP contribution in [0.1, 0.15) is 29.8 Å². The number of ketones is 1. The van der Waals surface area contributed by atoms with E-state index in [9.17, 15) is 4.79 Å². The molecule has 1 aromatic carbocycles. The van der Waals surface area contributed by atoms with Crippen LogP contribution < -0.4 is 0 Å². The van der Waals surface area contributed by atoms with E-state index in [2.05, 4.69) is 6.08 Å². The average molecular weight is 174 g/mol. The highest BCUT2D eigenvalue weighted by molar-refractivity contribution is 5.93. The molecule has 13 heavy (non-hydrogen) atoms. The maximum Gasteiger partial charge on any atom is 0.159 e. The number of allylic oxidation sites excluding steroid dienone is 2. The molecule has 0 saturated heterocycles. The number of hydrogen-bond donors (Lipinski definition) is 0. The van der Waals surface area contributed by atoms with Crippen molar-refractivity contribution in [2.75, 3.05) is 0 Å². The Morgan fingerprint density at radius 3 is 2.38 bits per heavy atom. The molecule has 0 aliphatic heterocycles. The monoisotopic (exact) mass is 174 g/mol. The molecule has 0 N–H and O–H groups in total. The molecule has 0 fully saturated rings. The molecule has 1 aromatic rings. The van der Waals surface area contributed by atoms with Gasteiger partial charge in [-0.2, -0.15) is 0 Å². The molecule has 0 radical (unpaired) electrons. The van der Waals surface area contributed by atoms with Crippen molar-refractivity contribution < 1.29 is 4.79 Å². The van der Waals surface area contributed by atoms with Crippen molar-refractivity contribution in [2.45, 2.75) is 20.3 Å². The minimum absolute atomic E-state index is 0.123. The summed E-state index contributed by atoms with van der Waals surface area (Å²) in [5.74, 6) is 0.123. The predicted molar refractivity (Wildman–Crippen MR) is 55.0 cm³/mol. The fourth-order valence-electron chi connectivity index (χ4n) is 1.13. The van der Waals surface area contributed by atoms with Crippen molar-refractivity contribution in [3.63, 3.8) is 0 Å². The van der Waals surface area contributed by atoms with E-state index in [1.54, 1.807) is 6.92 Å². The summed E-state index contributed by atoms with van der Waals surface area (Å²) in [4.78, 5) is 11.0. The molecular weight excluding hydrogens is 160 g/mol. The Morgan fingerprint density at radius 2 is 1.92 bits per heavy atom. The number of benzene rings is 1. The first-order chi connectivity index (χ1) is 6.24. The molecule has 0 spiro atoms. The van der Waals surface area contributed by atoms with Gasteiger partial charge in [0.25, 0.3) is 0 Å². The van der Waals surface area contributed by atoms with Gasteiger partial charge < -0.3 is 0 Å². The van der Waals surface area contributed by atoms with Crippen LogP contribution in [-0.2, 0) is 6.42 Å². The van der Waals surface area contributed by atoms with Gasteiger partial charge in [-0.3, -0.25) is 4.79 Å². The molecule has 0 aliphatic rings. The molecule has 0 amide bonds. The summed E-state index contributed by atoms with van der Waals surface area (Å²) in [6.07, 6.45) is 5.07. The SMILES string of the molecule is CC=CCc1ccc(C(C)=O)cc1. The summed E-state index contributed by atoms with van der Waals surface area (Å²) in [5.41, 5.74) is 2.02. The van der Waals surface area contributed by atoms with Gasteiger partial charge in [-0.25, -0.2) is 0 Å². The molecule has 0 aromatic heterocycles. The number of carbonyl (C=O) groups excluding carboxylic acids is 1. The second-order valence-electron chi connectivity index (χ2n) is 3.03. The summed E-state index contributed by atoms with van der Waals surface area (Å²) in [5, 5.41) is 0. The molecule has 0 saturated carbocycles. The van der Waals surface area contributed by atoms with Crippen molar-refractivity contribution in [3.8, 4) is 0 Å². The lowest BCUT2D eigenvalue weighted by Gasteiger charge is -1.98. The lowest BCUT2D eigenvalue weighted by Crippen LogP contribution is -1.91. The third-order valence-electron chi connectivity index (χ3n) is 1.95. The maximum absolute atomic E-state index is 11.0. The van der Waals surface area contributed by atoms with Crippen molar-refractivity contribution in [1.82, 2.24) is 0 Å². The summed E-state index contributed by atoms with van der Waals surface area (Å²) in [6.45, 7) is 3.59. The lowest BCUT2D eigenvalue weighted by molar-refractivity contribution is 0.101. The Hall–Kier alpha value is -1.37. The van der Waals surface area contributed by atoms with Gasteiger partial charge in [0.2, 0.25) is 0 Å². The molecule has 68 valence electrons. The molecular formula is C12H14O. The minimum atomic E-state index is 0.123. The second-order valence-corrected chi connectivity index (χ2v) is 3.03. The summed E-state index contributed by atoms with van der Waals surface area (Å²) in [6, 6.07) is 7.75. The largest absolute Gasteiger partial charge is 0.295 e. The molecule has 0 bridgehead atoms. The van der Waals surface area contributed by atoms with Crippen molar-refractivity contribution in [1.29, 1.82) is 0 Å². The zero-order chi connectivity index (χ0) is 9.68. The lowest BCUT2D eigenvalue weighted by atomic mass is 10.1. The first-order valence-electron chi connectivity index (χ1n) is 4.45. The zero-order valence-corrected chi connectivity index (χ0v) is 8.08. The van der Waals surface area contributed by atoms with Crippen LogP contribution in [0.5, 0.6) is 0 Å². The fourth-order valence-corrected chi connectivity index (χ4v) is 1.13. The normalized spacial score (nSPS) is 10.6. The Bertz CT molecular complexity index is 306. The quantitative estimate of drug-likeness (QED) is 0.508. The van der Waals surface area contributed by atoms with Crippen LogP contribution in [0.4, 0.5) is 0 Å². The third-order valence-corrected chi connectivity index (χ3v) is 1.95. The van der Waals surface area contributed by atoms with Crippen molar-refractivity contribution >= 4 is 5.78 Å². The van der Waals surface area contributed by atoms with Gasteiger partial charge in [0.05, 0.1) is 0 Å². The first-order valence-corrected chi connectivity index (χ1v) is 4.45. The Kier molecular flexibility index (Phi) is 3.44. The number of carbonyl (C=O) groups is 1. The Labute approximate surface area is 79.1 Å². The first kappa shape index (κ1) is 9.72. The number of rotatable bonds is 3. The van der Waals surface area contributed by atoms with Crippen molar-refractivity contribution in [3.05, 3.63) is 47.5 Å². The molecule has 0 atom stereocenters. The smallest absolute Gasteiger partial charge is 0.159 e. The van der Waals surface area contributed by atoms with Crippen LogP contribution >= 0.6 is 0 Å². The number of hydrogen-bond acceptors (Lipinski definition) is 1. The van der Waals surface area contributed by atoms with Crippen LogP contribution in [0.15, 0.2) is 36.4 Å². The summed E-state index contributed by atoms with van der Waals surface area (Å²) < 4.78 is 0. The van der Waals surface area contributed by atoms with E-state index in [1.807, 2.05) is 37.3 Å². The van der Waals surface area contributed by atoms with Gasteiger partial charge in [0.1, 0.15) is 0 Å². The molecule has 0 unspecified atom stereocenters. The maximum atomic E-state index is 11.0. The highest BCUT2D eigenvalue weighted by Gasteiger charge is 1.97. The zero-order valence-electron chi connectivity index (χ0n) is 8.08. The minimum Gasteiger partial charge on any atom is -0.295 e. The molecule has 1 rings (SSSR count). The predicted octanol–water partition coefficient (Wildman–Crippen LogP) is 3.01. The highest BCUT2D eigenvalue weighted by atomic mass is 16.1. The van der Waals surface area contributed by atoms with Gasteiger partial charge in [0.15, 0.2) is 5.78 Å². The summed E-state index contributed by atoms with van der Waals surface area (Å²) >= 11 is 0. The van der Waals surface area contributed by atoms with Gasteiger partial charge in [-0.1, -0.05) is 36.4 Å². The van der Waals surface area contributed by atoms with Crippen LogP contribution in [0, 0.1) is 0 Å². The van der Waals surface area contributed by atoms with Gasteiger partial charge in [-0.15, -0.1) is 0 Å². The van der Waals surface area contributed by atoms with Gasteiger partial charge in [-0.05, 0) is 25.8 Å². The molecule has 1 nitrogen and oxygen atoms in total. The Balaban J connectivity index is 2.75. The highest BCUT2D eigenvalue weighted by Crippen LogP contribution is 2.06. The fraction of sp³-hybridized carbons (Fsp3) is 0.250. The van der Waals surface area contributed by atoms with Crippen LogP contribution in [0.2, 0.25) is 0 Å². The average Bonchev–Trinajstić information content (AvgIpc) is 2.15. The Morgan fingerprint density at radius 1 is 1.31 bits per heavy atom. The van der Waals surface area contributed by atoms with Crippen LogP contribution in [0.25, 0.3) is 0 Å². The van der Waals surface area contributed by atoms with E-state index in [4.69, 9.17) is 0 Å². The number of Topliss-reactive ketones (excluding diaryl/α,β-unsaturated/α-hetero) is 1. The molecule has 0 heterocycles. The van der Waals surface area contributed by atoms with Crippen LogP contribution in [0.3, 0.4) is 0 Å². The summed E-state index contributed by atoms with van der Waals surface area (Å²) in [7, 11) is 0. The third kappa shape index (κ3) is 2.86. The van der Waals surface area contributed by atoms with E-state index >= 15 is 0 Å². The van der Waals surface area contributed by atoms with Crippen LogP contribution in [-0.4, -0.2) is 5.78 Å². The molecule has 0 aliphatic carbocycles. The van der Waals surface area contributed by atoms with Gasteiger partial charge >= 0.3 is 0 Å². The van der Waals surface area contributed by atoms with E-state index in [-0.39, 0.29) is 5.78 Å². The standard InChI is InChI=1S/C12H14O/c1-3-4-5-11-6-8-12(9-7-11)10(2)13/h3-4,6-9H,5H2,1-2H3. The van der Waals surface area contributed by atoms with Gasteiger partial charge in [0, 0.05) is 5.56 Å². The second kappa shape index (κ2) is 4.61. The van der Waals surface area contributed by atoms with E-state index in [1.165, 1.54) is 5.56 Å². The van der Waals surface area contributed by atoms with E-state index in [0.717, 1.165) is 12.0 Å². The van der Waals surface area contributed by atoms with Crippen molar-refractivity contribution in [2.24, 2.45) is 0 Å². The van der Waals surface area contributed by atoms with E-state index < -0.39 is 0 Å². The topological polar surface area (TPSA) is 17.1 Å².